The monoisotopic (exact) mass is 308 g/mol. The van der Waals surface area contributed by atoms with Crippen molar-refractivity contribution in [2.45, 2.75) is 31.7 Å². The molecule has 4 heteroatoms. The third kappa shape index (κ3) is 5.52. The molecule has 2 N–H and O–H groups in total. The SMILES string of the molecule is C=CCCC(NC(=O)C1CCNCC1)c1ccccc1.Cl. The molecule has 1 atom stereocenters. The molecule has 1 aromatic rings. The molecule has 1 heterocycles. The van der Waals surface area contributed by atoms with Gasteiger partial charge in [0.15, 0.2) is 0 Å². The van der Waals surface area contributed by atoms with Gasteiger partial charge in [0, 0.05) is 5.92 Å². The average Bonchev–Trinajstić information content (AvgIpc) is 2.53. The molecule has 0 spiro atoms. The van der Waals surface area contributed by atoms with Gasteiger partial charge in [0.1, 0.15) is 0 Å². The molecule has 3 nitrogen and oxygen atoms in total. The van der Waals surface area contributed by atoms with Crippen LogP contribution in [0.25, 0.3) is 0 Å². The van der Waals surface area contributed by atoms with Crippen molar-refractivity contribution in [1.29, 1.82) is 0 Å². The van der Waals surface area contributed by atoms with Crippen molar-refractivity contribution in [2.24, 2.45) is 5.92 Å². The van der Waals surface area contributed by atoms with Crippen LogP contribution in [-0.4, -0.2) is 19.0 Å². The van der Waals surface area contributed by atoms with Crippen molar-refractivity contribution in [3.8, 4) is 0 Å². The van der Waals surface area contributed by atoms with Gasteiger partial charge < -0.3 is 10.6 Å². The maximum absolute atomic E-state index is 12.4. The Hall–Kier alpha value is -1.32. The number of rotatable bonds is 6. The van der Waals surface area contributed by atoms with Crippen molar-refractivity contribution in [3.05, 3.63) is 48.6 Å². The molecule has 1 fully saturated rings. The van der Waals surface area contributed by atoms with Crippen LogP contribution < -0.4 is 10.6 Å². The van der Waals surface area contributed by atoms with Crippen molar-refractivity contribution in [3.63, 3.8) is 0 Å². The summed E-state index contributed by atoms with van der Waals surface area (Å²) in [7, 11) is 0. The lowest BCUT2D eigenvalue weighted by Crippen LogP contribution is -2.39. The average molecular weight is 309 g/mol. The number of benzene rings is 1. The highest BCUT2D eigenvalue weighted by atomic mass is 35.5. The molecular formula is C17H25ClN2O. The Morgan fingerprint density at radius 2 is 2.00 bits per heavy atom. The minimum Gasteiger partial charge on any atom is -0.349 e. The Labute approximate surface area is 133 Å². The van der Waals surface area contributed by atoms with Crippen LogP contribution >= 0.6 is 12.4 Å². The molecule has 21 heavy (non-hydrogen) atoms. The Balaban J connectivity index is 0.00000220. The predicted molar refractivity (Wildman–Crippen MR) is 89.6 cm³/mol. The van der Waals surface area contributed by atoms with E-state index in [1.807, 2.05) is 24.3 Å². The normalized spacial score (nSPS) is 16.6. The van der Waals surface area contributed by atoms with E-state index in [0.717, 1.165) is 38.8 Å². The van der Waals surface area contributed by atoms with Gasteiger partial charge in [0.05, 0.1) is 6.04 Å². The Kier molecular flexibility index (Phi) is 8.09. The Bertz CT molecular complexity index is 430. The van der Waals surface area contributed by atoms with Gasteiger partial charge >= 0.3 is 0 Å². The Morgan fingerprint density at radius 1 is 1.33 bits per heavy atom. The summed E-state index contributed by atoms with van der Waals surface area (Å²) in [4.78, 5) is 12.4. The molecule has 1 aliphatic heterocycles. The highest BCUT2D eigenvalue weighted by Gasteiger charge is 2.23. The molecule has 1 saturated heterocycles. The molecule has 0 aliphatic carbocycles. The summed E-state index contributed by atoms with van der Waals surface area (Å²) in [5, 5.41) is 6.52. The molecule has 1 aliphatic rings. The predicted octanol–water partition coefficient (Wildman–Crippen LogP) is 3.23. The third-order valence-corrected chi connectivity index (χ3v) is 3.89. The fourth-order valence-corrected chi connectivity index (χ4v) is 2.67. The lowest BCUT2D eigenvalue weighted by Gasteiger charge is -2.25. The molecule has 0 radical (unpaired) electrons. The van der Waals surface area contributed by atoms with Crippen LogP contribution in [0.3, 0.4) is 0 Å². The summed E-state index contributed by atoms with van der Waals surface area (Å²) in [6.07, 6.45) is 5.60. The van der Waals surface area contributed by atoms with Crippen LogP contribution in [-0.2, 0) is 4.79 Å². The van der Waals surface area contributed by atoms with Crippen LogP contribution in [0, 0.1) is 5.92 Å². The summed E-state index contributed by atoms with van der Waals surface area (Å²) in [6.45, 7) is 5.66. The van der Waals surface area contributed by atoms with Crippen LogP contribution in [0.1, 0.15) is 37.3 Å². The fraction of sp³-hybridized carbons (Fsp3) is 0.471. The first-order valence-electron chi connectivity index (χ1n) is 7.48. The van der Waals surface area contributed by atoms with Gasteiger partial charge in [0.25, 0.3) is 0 Å². The maximum Gasteiger partial charge on any atom is 0.223 e. The Morgan fingerprint density at radius 3 is 2.62 bits per heavy atom. The largest absolute Gasteiger partial charge is 0.349 e. The molecule has 1 aromatic carbocycles. The molecule has 116 valence electrons. The van der Waals surface area contributed by atoms with E-state index in [4.69, 9.17) is 0 Å². The zero-order valence-electron chi connectivity index (χ0n) is 12.4. The maximum atomic E-state index is 12.4. The number of amides is 1. The molecular weight excluding hydrogens is 284 g/mol. The first-order chi connectivity index (χ1) is 9.81. The standard InChI is InChI=1S/C17H24N2O.ClH/c1-2-3-9-16(14-7-5-4-6-8-14)19-17(20)15-10-12-18-13-11-15;/h2,4-8,15-16,18H,1,3,9-13H2,(H,19,20);1H. The molecule has 0 saturated carbocycles. The second-order valence-corrected chi connectivity index (χ2v) is 5.36. The van der Waals surface area contributed by atoms with E-state index < -0.39 is 0 Å². The zero-order valence-corrected chi connectivity index (χ0v) is 13.2. The van der Waals surface area contributed by atoms with E-state index in [9.17, 15) is 4.79 Å². The quantitative estimate of drug-likeness (QED) is 0.792. The zero-order chi connectivity index (χ0) is 14.2. The highest BCUT2D eigenvalue weighted by Crippen LogP contribution is 2.21. The van der Waals surface area contributed by atoms with E-state index in [2.05, 4.69) is 29.3 Å². The minimum atomic E-state index is 0. The second-order valence-electron chi connectivity index (χ2n) is 5.36. The van der Waals surface area contributed by atoms with Gasteiger partial charge in [-0.1, -0.05) is 36.4 Å². The summed E-state index contributed by atoms with van der Waals surface area (Å²) in [5.41, 5.74) is 1.18. The number of carbonyl (C=O) groups is 1. The number of hydrogen-bond donors (Lipinski definition) is 2. The number of nitrogens with one attached hydrogen (secondary N) is 2. The summed E-state index contributed by atoms with van der Waals surface area (Å²) >= 11 is 0. The van der Waals surface area contributed by atoms with E-state index in [1.54, 1.807) is 0 Å². The lowest BCUT2D eigenvalue weighted by atomic mass is 9.95. The molecule has 1 unspecified atom stereocenters. The smallest absolute Gasteiger partial charge is 0.223 e. The van der Waals surface area contributed by atoms with Crippen LogP contribution in [0.4, 0.5) is 0 Å². The highest BCUT2D eigenvalue weighted by molar-refractivity contribution is 5.85. The molecule has 1 amide bonds. The summed E-state index contributed by atoms with van der Waals surface area (Å²) < 4.78 is 0. The van der Waals surface area contributed by atoms with Crippen LogP contribution in [0.15, 0.2) is 43.0 Å². The van der Waals surface area contributed by atoms with Crippen molar-refractivity contribution in [1.82, 2.24) is 10.6 Å². The number of carbonyl (C=O) groups excluding carboxylic acids is 1. The van der Waals surface area contributed by atoms with Crippen molar-refractivity contribution < 1.29 is 4.79 Å². The van der Waals surface area contributed by atoms with Gasteiger partial charge in [-0.25, -0.2) is 0 Å². The number of hydrogen-bond acceptors (Lipinski definition) is 2. The fourth-order valence-electron chi connectivity index (χ4n) is 2.67. The number of halogens is 1. The summed E-state index contributed by atoms with van der Waals surface area (Å²) in [5.74, 6) is 0.357. The van der Waals surface area contributed by atoms with E-state index in [0.29, 0.717) is 0 Å². The number of piperidine rings is 1. The van der Waals surface area contributed by atoms with Crippen LogP contribution in [0.5, 0.6) is 0 Å². The number of allylic oxidation sites excluding steroid dienone is 1. The van der Waals surface area contributed by atoms with Crippen molar-refractivity contribution in [2.75, 3.05) is 13.1 Å². The second kappa shape index (κ2) is 9.59. The molecule has 0 bridgehead atoms. The van der Waals surface area contributed by atoms with E-state index in [-0.39, 0.29) is 30.3 Å². The van der Waals surface area contributed by atoms with Gasteiger partial charge in [-0.2, -0.15) is 0 Å². The van der Waals surface area contributed by atoms with E-state index >= 15 is 0 Å². The minimum absolute atomic E-state index is 0. The topological polar surface area (TPSA) is 41.1 Å². The van der Waals surface area contributed by atoms with Crippen LogP contribution in [0.2, 0.25) is 0 Å². The van der Waals surface area contributed by atoms with E-state index in [1.165, 1.54) is 5.56 Å². The first kappa shape index (κ1) is 17.7. The van der Waals surface area contributed by atoms with Gasteiger partial charge in [-0.05, 0) is 44.3 Å². The van der Waals surface area contributed by atoms with Gasteiger partial charge in [-0.3, -0.25) is 4.79 Å². The van der Waals surface area contributed by atoms with Crippen molar-refractivity contribution >= 4 is 18.3 Å². The molecule has 2 rings (SSSR count). The van der Waals surface area contributed by atoms with Gasteiger partial charge in [-0.15, -0.1) is 19.0 Å². The molecule has 0 aromatic heterocycles. The van der Waals surface area contributed by atoms with Gasteiger partial charge in [0.2, 0.25) is 5.91 Å². The first-order valence-corrected chi connectivity index (χ1v) is 7.48. The third-order valence-electron chi connectivity index (χ3n) is 3.89. The summed E-state index contributed by atoms with van der Waals surface area (Å²) in [6, 6.07) is 10.3. The lowest BCUT2D eigenvalue weighted by molar-refractivity contribution is -0.126.